The summed E-state index contributed by atoms with van der Waals surface area (Å²) in [5, 5.41) is 1.25. The molecule has 1 fully saturated rings. The summed E-state index contributed by atoms with van der Waals surface area (Å²) >= 11 is 2.17. The van der Waals surface area contributed by atoms with Crippen molar-refractivity contribution in [3.63, 3.8) is 0 Å². The van der Waals surface area contributed by atoms with E-state index in [1.807, 2.05) is 26.0 Å². The second kappa shape index (κ2) is 8.64. The number of ether oxygens (including phenoxy) is 2. The number of para-hydroxylation sites is 1. The number of anilines is 1. The number of benzene rings is 2. The number of amides is 2. The minimum absolute atomic E-state index is 0.0493. The minimum atomic E-state index is -0.442. The standard InChI is InChI=1S/C21H21IN2O4/c1-4-13(2)28-19-17(22)11-14(12-18(19)27-3)10-16-20(25)23-24(21(16)26)15-8-6-5-7-9-15/h5-13H,4H2,1-3H3,(H,23,25)/b16-10-/t13-/m0/s1. The van der Waals surface area contributed by atoms with E-state index in [0.29, 0.717) is 22.7 Å². The highest BCUT2D eigenvalue weighted by molar-refractivity contribution is 14.1. The zero-order valence-electron chi connectivity index (χ0n) is 15.9. The number of carbonyl (C=O) groups excluding carboxylic acids is 2. The highest BCUT2D eigenvalue weighted by atomic mass is 127. The molecule has 7 heteroatoms. The van der Waals surface area contributed by atoms with E-state index in [1.165, 1.54) is 5.01 Å². The van der Waals surface area contributed by atoms with Crippen molar-refractivity contribution in [2.45, 2.75) is 26.4 Å². The Morgan fingerprint density at radius 3 is 2.57 bits per heavy atom. The molecule has 1 aliphatic rings. The van der Waals surface area contributed by atoms with E-state index in [1.54, 1.807) is 43.5 Å². The van der Waals surface area contributed by atoms with Crippen molar-refractivity contribution in [1.29, 1.82) is 0 Å². The van der Waals surface area contributed by atoms with Gasteiger partial charge in [-0.25, -0.2) is 5.01 Å². The minimum Gasteiger partial charge on any atom is -0.493 e. The number of carbonyl (C=O) groups is 2. The number of hydrogen-bond acceptors (Lipinski definition) is 4. The summed E-state index contributed by atoms with van der Waals surface area (Å²) in [4.78, 5) is 25.1. The molecule has 1 N–H and O–H groups in total. The van der Waals surface area contributed by atoms with Crippen molar-refractivity contribution in [2.24, 2.45) is 0 Å². The SMILES string of the molecule is CC[C@H](C)Oc1c(I)cc(/C=C2/C(=O)NN(c3ccccc3)C2=O)cc1OC. The molecule has 0 aromatic heterocycles. The first-order chi connectivity index (χ1) is 13.4. The van der Waals surface area contributed by atoms with Crippen molar-refractivity contribution in [3.05, 3.63) is 57.2 Å². The van der Waals surface area contributed by atoms with Crippen LogP contribution in [-0.2, 0) is 9.59 Å². The fourth-order valence-electron chi connectivity index (χ4n) is 2.70. The molecule has 1 aliphatic heterocycles. The van der Waals surface area contributed by atoms with Gasteiger partial charge in [0.25, 0.3) is 11.8 Å². The highest BCUT2D eigenvalue weighted by Gasteiger charge is 2.34. The molecule has 0 unspecified atom stereocenters. The summed E-state index contributed by atoms with van der Waals surface area (Å²) in [7, 11) is 1.57. The molecule has 2 amide bonds. The molecule has 1 saturated heterocycles. The van der Waals surface area contributed by atoms with Crippen molar-refractivity contribution < 1.29 is 19.1 Å². The quantitative estimate of drug-likeness (QED) is 0.377. The van der Waals surface area contributed by atoms with Crippen LogP contribution in [0.15, 0.2) is 48.0 Å². The molecule has 0 spiro atoms. The smallest absolute Gasteiger partial charge is 0.282 e. The van der Waals surface area contributed by atoms with Crippen LogP contribution in [0.1, 0.15) is 25.8 Å². The van der Waals surface area contributed by atoms with Crippen molar-refractivity contribution in [2.75, 3.05) is 12.1 Å². The van der Waals surface area contributed by atoms with Crippen molar-refractivity contribution in [3.8, 4) is 11.5 Å². The monoisotopic (exact) mass is 492 g/mol. The Labute approximate surface area is 177 Å². The van der Waals surface area contributed by atoms with Crippen molar-refractivity contribution in [1.82, 2.24) is 5.43 Å². The van der Waals surface area contributed by atoms with E-state index >= 15 is 0 Å². The maximum Gasteiger partial charge on any atom is 0.282 e. The Morgan fingerprint density at radius 2 is 1.93 bits per heavy atom. The first-order valence-electron chi connectivity index (χ1n) is 8.91. The van der Waals surface area contributed by atoms with Crippen LogP contribution >= 0.6 is 22.6 Å². The summed E-state index contributed by atoms with van der Waals surface area (Å²) in [6.07, 6.45) is 2.49. The van der Waals surface area contributed by atoms with E-state index in [9.17, 15) is 9.59 Å². The predicted octanol–water partition coefficient (Wildman–Crippen LogP) is 3.94. The van der Waals surface area contributed by atoms with Crippen LogP contribution in [0.3, 0.4) is 0 Å². The summed E-state index contributed by atoms with van der Waals surface area (Å²) < 4.78 is 12.3. The van der Waals surface area contributed by atoms with Gasteiger partial charge in [-0.2, -0.15) is 0 Å². The lowest BCUT2D eigenvalue weighted by atomic mass is 10.1. The first-order valence-corrected chi connectivity index (χ1v) is 9.98. The van der Waals surface area contributed by atoms with Gasteiger partial charge >= 0.3 is 0 Å². The number of halogens is 1. The molecule has 3 rings (SSSR count). The molecule has 146 valence electrons. The number of methoxy groups -OCH3 is 1. The lowest BCUT2D eigenvalue weighted by molar-refractivity contribution is -0.117. The molecular formula is C21H21IN2O4. The van der Waals surface area contributed by atoms with E-state index in [4.69, 9.17) is 9.47 Å². The molecule has 2 aromatic rings. The average molecular weight is 492 g/mol. The fraction of sp³-hybridized carbons (Fsp3) is 0.238. The maximum absolute atomic E-state index is 12.7. The normalized spacial score (nSPS) is 16.3. The van der Waals surface area contributed by atoms with Gasteiger partial charge in [0.2, 0.25) is 0 Å². The Kier molecular flexibility index (Phi) is 6.23. The van der Waals surface area contributed by atoms with E-state index in [-0.39, 0.29) is 11.7 Å². The van der Waals surface area contributed by atoms with Crippen LogP contribution in [0.25, 0.3) is 6.08 Å². The Bertz CT molecular complexity index is 928. The molecule has 1 heterocycles. The Hall–Kier alpha value is -2.55. The lowest BCUT2D eigenvalue weighted by Gasteiger charge is -2.17. The molecule has 0 aliphatic carbocycles. The average Bonchev–Trinajstić information content (AvgIpc) is 2.98. The predicted molar refractivity (Wildman–Crippen MR) is 116 cm³/mol. The molecular weight excluding hydrogens is 471 g/mol. The van der Waals surface area contributed by atoms with Gasteiger partial charge in [-0.05, 0) is 71.8 Å². The molecule has 0 bridgehead atoms. The second-order valence-corrected chi connectivity index (χ2v) is 7.51. The Morgan fingerprint density at radius 1 is 1.21 bits per heavy atom. The van der Waals surface area contributed by atoms with Gasteiger partial charge in [0.1, 0.15) is 5.57 Å². The van der Waals surface area contributed by atoms with Gasteiger partial charge in [0, 0.05) is 0 Å². The first kappa shape index (κ1) is 20.2. The number of nitrogens with one attached hydrogen (secondary N) is 1. The fourth-order valence-corrected chi connectivity index (χ4v) is 3.46. The second-order valence-electron chi connectivity index (χ2n) is 6.35. The van der Waals surface area contributed by atoms with Gasteiger partial charge in [-0.15, -0.1) is 0 Å². The topological polar surface area (TPSA) is 67.9 Å². The largest absolute Gasteiger partial charge is 0.493 e. The zero-order chi connectivity index (χ0) is 20.3. The molecule has 2 aromatic carbocycles. The van der Waals surface area contributed by atoms with Crippen molar-refractivity contribution >= 4 is 46.2 Å². The number of rotatable bonds is 6. The van der Waals surface area contributed by atoms with E-state index < -0.39 is 11.8 Å². The van der Waals surface area contributed by atoms with Gasteiger partial charge in [0.15, 0.2) is 11.5 Å². The van der Waals surface area contributed by atoms with E-state index in [0.717, 1.165) is 9.99 Å². The molecule has 0 radical (unpaired) electrons. The summed E-state index contributed by atoms with van der Waals surface area (Å²) in [6.45, 7) is 4.04. The third-order valence-corrected chi connectivity index (χ3v) is 5.16. The van der Waals surface area contributed by atoms with Crippen LogP contribution in [0.5, 0.6) is 11.5 Å². The molecule has 0 saturated carbocycles. The summed E-state index contributed by atoms with van der Waals surface area (Å²) in [5.41, 5.74) is 3.96. The zero-order valence-corrected chi connectivity index (χ0v) is 18.0. The van der Waals surface area contributed by atoms with Gasteiger partial charge in [0.05, 0.1) is 22.5 Å². The third-order valence-electron chi connectivity index (χ3n) is 4.36. The van der Waals surface area contributed by atoms with Crippen LogP contribution in [-0.4, -0.2) is 25.0 Å². The van der Waals surface area contributed by atoms with Crippen LogP contribution < -0.4 is 19.9 Å². The molecule has 28 heavy (non-hydrogen) atoms. The summed E-state index contributed by atoms with van der Waals surface area (Å²) in [5.74, 6) is 0.380. The molecule has 1 atom stereocenters. The maximum atomic E-state index is 12.7. The number of hydrogen-bond donors (Lipinski definition) is 1. The summed E-state index contributed by atoms with van der Waals surface area (Å²) in [6, 6.07) is 12.6. The van der Waals surface area contributed by atoms with Gasteiger partial charge < -0.3 is 9.47 Å². The van der Waals surface area contributed by atoms with Crippen LogP contribution in [0, 0.1) is 3.57 Å². The lowest BCUT2D eigenvalue weighted by Crippen LogP contribution is -2.35. The van der Waals surface area contributed by atoms with Gasteiger partial charge in [-0.3, -0.25) is 15.0 Å². The van der Waals surface area contributed by atoms with Crippen LogP contribution in [0.2, 0.25) is 0 Å². The van der Waals surface area contributed by atoms with Crippen LogP contribution in [0.4, 0.5) is 5.69 Å². The molecule has 6 nitrogen and oxygen atoms in total. The van der Waals surface area contributed by atoms with E-state index in [2.05, 4.69) is 28.0 Å². The number of nitrogens with zero attached hydrogens (tertiary/aromatic N) is 1. The Balaban J connectivity index is 1.93. The third kappa shape index (κ3) is 4.14. The number of hydrazine groups is 1. The highest BCUT2D eigenvalue weighted by Crippen LogP contribution is 2.36. The van der Waals surface area contributed by atoms with Gasteiger partial charge in [-0.1, -0.05) is 25.1 Å².